The molecule has 3 aromatic rings. The molecule has 0 radical (unpaired) electrons. The van der Waals surface area contributed by atoms with Crippen LogP contribution in [0.15, 0.2) is 54.1 Å². The number of nitrogens with zero attached hydrogens (tertiary/aromatic N) is 2. The molecular weight excluding hydrogens is 490 g/mol. The number of halogens is 1. The molecule has 10 heteroatoms. The van der Waals surface area contributed by atoms with Gasteiger partial charge in [0.1, 0.15) is 11.3 Å². The zero-order valence-electron chi connectivity index (χ0n) is 19.0. The van der Waals surface area contributed by atoms with Crippen molar-refractivity contribution in [2.45, 2.75) is 13.8 Å². The molecule has 1 fully saturated rings. The number of hydrogen-bond acceptors (Lipinski definition) is 5. The largest absolute Gasteiger partial charge is 0.495 e. The summed E-state index contributed by atoms with van der Waals surface area (Å²) in [4.78, 5) is 38.4. The SMILES string of the molecule is COc1ccc(Cl)cc1-n1c(C)cc(/C=C2\C(=O)NC(=S)N(c3ccc(C(=O)O)cc3)C2=O)c1C. The first-order valence-corrected chi connectivity index (χ1v) is 11.2. The van der Waals surface area contributed by atoms with Gasteiger partial charge in [-0.2, -0.15) is 0 Å². The molecule has 4 rings (SSSR count). The normalized spacial score (nSPS) is 14.9. The predicted molar refractivity (Wildman–Crippen MR) is 136 cm³/mol. The Balaban J connectivity index is 1.76. The van der Waals surface area contributed by atoms with E-state index in [4.69, 9.17) is 33.7 Å². The van der Waals surface area contributed by atoms with Crippen molar-refractivity contribution in [1.29, 1.82) is 0 Å². The van der Waals surface area contributed by atoms with Gasteiger partial charge in [-0.3, -0.25) is 19.8 Å². The van der Waals surface area contributed by atoms with E-state index in [9.17, 15) is 14.4 Å². The zero-order chi connectivity index (χ0) is 25.4. The lowest BCUT2D eigenvalue weighted by Gasteiger charge is -2.29. The molecule has 178 valence electrons. The van der Waals surface area contributed by atoms with Crippen LogP contribution < -0.4 is 15.0 Å². The molecule has 0 spiro atoms. The third-order valence-corrected chi connectivity index (χ3v) is 6.15. The minimum atomic E-state index is -1.09. The second-order valence-corrected chi connectivity index (χ2v) is 8.61. The Kier molecular flexibility index (Phi) is 6.47. The van der Waals surface area contributed by atoms with Crippen molar-refractivity contribution in [3.63, 3.8) is 0 Å². The quantitative estimate of drug-likeness (QED) is 0.302. The fourth-order valence-corrected chi connectivity index (χ4v) is 4.39. The maximum Gasteiger partial charge on any atom is 0.335 e. The van der Waals surface area contributed by atoms with Crippen molar-refractivity contribution >= 4 is 58.5 Å². The monoisotopic (exact) mass is 509 g/mol. The van der Waals surface area contributed by atoms with Crippen LogP contribution >= 0.6 is 23.8 Å². The summed E-state index contributed by atoms with van der Waals surface area (Å²) in [5.41, 5.74) is 3.27. The summed E-state index contributed by atoms with van der Waals surface area (Å²) in [5, 5.41) is 12.1. The molecule has 0 aliphatic carbocycles. The lowest BCUT2D eigenvalue weighted by molar-refractivity contribution is -0.122. The van der Waals surface area contributed by atoms with Crippen LogP contribution in [-0.2, 0) is 9.59 Å². The van der Waals surface area contributed by atoms with Crippen LogP contribution in [0, 0.1) is 13.8 Å². The highest BCUT2D eigenvalue weighted by atomic mass is 35.5. The van der Waals surface area contributed by atoms with Crippen LogP contribution in [0.2, 0.25) is 5.02 Å². The molecule has 2 heterocycles. The topological polar surface area (TPSA) is 101 Å². The fraction of sp³-hybridized carbons (Fsp3) is 0.120. The molecule has 8 nitrogen and oxygen atoms in total. The van der Waals surface area contributed by atoms with Crippen molar-refractivity contribution in [3.05, 3.63) is 81.6 Å². The molecule has 2 aromatic carbocycles. The van der Waals surface area contributed by atoms with Gasteiger partial charge < -0.3 is 14.4 Å². The third-order valence-electron chi connectivity index (χ3n) is 5.63. The van der Waals surface area contributed by atoms with Crippen LogP contribution in [-0.4, -0.2) is 39.7 Å². The summed E-state index contributed by atoms with van der Waals surface area (Å²) >= 11 is 11.4. The number of aryl methyl sites for hydroxylation is 1. The van der Waals surface area contributed by atoms with Gasteiger partial charge in [-0.1, -0.05) is 11.6 Å². The number of carboxylic acids is 1. The summed E-state index contributed by atoms with van der Waals surface area (Å²) in [7, 11) is 1.56. The number of carbonyl (C=O) groups is 3. The van der Waals surface area contributed by atoms with Crippen molar-refractivity contribution < 1.29 is 24.2 Å². The number of methoxy groups -OCH3 is 1. The molecule has 0 saturated carbocycles. The Hall–Kier alpha value is -3.95. The van der Waals surface area contributed by atoms with Gasteiger partial charge in [-0.25, -0.2) is 4.79 Å². The highest BCUT2D eigenvalue weighted by Crippen LogP contribution is 2.32. The minimum absolute atomic E-state index is 0.0628. The highest BCUT2D eigenvalue weighted by Gasteiger charge is 2.35. The fourth-order valence-electron chi connectivity index (χ4n) is 3.94. The molecule has 1 saturated heterocycles. The van der Waals surface area contributed by atoms with Gasteiger partial charge in [0, 0.05) is 16.4 Å². The first-order chi connectivity index (χ1) is 16.6. The summed E-state index contributed by atoms with van der Waals surface area (Å²) in [6, 6.07) is 12.8. The molecule has 2 amide bonds. The number of aromatic nitrogens is 1. The van der Waals surface area contributed by atoms with Gasteiger partial charge >= 0.3 is 5.97 Å². The Labute approximate surface area is 211 Å². The van der Waals surface area contributed by atoms with Crippen LogP contribution in [0.4, 0.5) is 5.69 Å². The lowest BCUT2D eigenvalue weighted by Crippen LogP contribution is -2.54. The first-order valence-electron chi connectivity index (χ1n) is 10.4. The number of carboxylic acid groups (broad SMARTS) is 1. The zero-order valence-corrected chi connectivity index (χ0v) is 20.5. The molecule has 1 aliphatic heterocycles. The smallest absolute Gasteiger partial charge is 0.335 e. The lowest BCUT2D eigenvalue weighted by atomic mass is 10.1. The van der Waals surface area contributed by atoms with Crippen LogP contribution in [0.1, 0.15) is 27.3 Å². The number of aromatic carboxylic acids is 1. The van der Waals surface area contributed by atoms with E-state index in [1.54, 1.807) is 25.3 Å². The number of amides is 2. The number of rotatable bonds is 5. The maximum atomic E-state index is 13.3. The van der Waals surface area contributed by atoms with Crippen molar-refractivity contribution in [2.24, 2.45) is 0 Å². The number of hydrogen-bond donors (Lipinski definition) is 2. The van der Waals surface area contributed by atoms with Gasteiger partial charge in [-0.05, 0) is 86.2 Å². The predicted octanol–water partition coefficient (Wildman–Crippen LogP) is 4.29. The van der Waals surface area contributed by atoms with Gasteiger partial charge in [-0.15, -0.1) is 0 Å². The van der Waals surface area contributed by atoms with Crippen molar-refractivity contribution in [2.75, 3.05) is 12.0 Å². The van der Waals surface area contributed by atoms with Crippen molar-refractivity contribution in [1.82, 2.24) is 9.88 Å². The van der Waals surface area contributed by atoms with Crippen LogP contribution in [0.25, 0.3) is 11.8 Å². The summed E-state index contributed by atoms with van der Waals surface area (Å²) in [5.74, 6) is -1.72. The second-order valence-electron chi connectivity index (χ2n) is 7.79. The number of nitrogens with one attached hydrogen (secondary N) is 1. The Bertz CT molecular complexity index is 1430. The van der Waals surface area contributed by atoms with Crippen molar-refractivity contribution in [3.8, 4) is 11.4 Å². The first kappa shape index (κ1) is 24.2. The molecule has 0 atom stereocenters. The maximum absolute atomic E-state index is 13.3. The van der Waals surface area contributed by atoms with Gasteiger partial charge in [0.25, 0.3) is 11.8 Å². The molecule has 1 aliphatic rings. The van der Waals surface area contributed by atoms with Gasteiger partial charge in [0.15, 0.2) is 5.11 Å². The third kappa shape index (κ3) is 4.43. The van der Waals surface area contributed by atoms with E-state index in [-0.39, 0.29) is 16.2 Å². The van der Waals surface area contributed by atoms with E-state index in [1.807, 2.05) is 24.5 Å². The van der Waals surface area contributed by atoms with Crippen LogP contribution in [0.5, 0.6) is 5.75 Å². The Morgan fingerprint density at radius 2 is 1.80 bits per heavy atom. The number of benzene rings is 2. The Morgan fingerprint density at radius 3 is 2.43 bits per heavy atom. The highest BCUT2D eigenvalue weighted by molar-refractivity contribution is 7.80. The standard InChI is InChI=1S/C25H20ClN3O5S/c1-13-10-16(14(2)28(13)20-12-17(26)6-9-21(20)34-3)11-19-22(30)27-25(35)29(23(19)31)18-7-4-15(5-8-18)24(32)33/h4-12H,1-3H3,(H,32,33)(H,27,30,35)/b19-11+. The van der Waals surface area contributed by atoms with Gasteiger partial charge in [0.2, 0.25) is 0 Å². The molecule has 1 aromatic heterocycles. The van der Waals surface area contributed by atoms with E-state index in [2.05, 4.69) is 5.32 Å². The molecular formula is C25H20ClN3O5S. The number of anilines is 1. The van der Waals surface area contributed by atoms with Gasteiger partial charge in [0.05, 0.1) is 24.0 Å². The Morgan fingerprint density at radius 1 is 1.11 bits per heavy atom. The van der Waals surface area contributed by atoms with Crippen LogP contribution in [0.3, 0.4) is 0 Å². The molecule has 0 bridgehead atoms. The number of ether oxygens (including phenoxy) is 1. The minimum Gasteiger partial charge on any atom is -0.495 e. The van der Waals surface area contributed by atoms with E-state index in [1.165, 1.54) is 30.3 Å². The molecule has 0 unspecified atom stereocenters. The van der Waals surface area contributed by atoms with E-state index in [0.717, 1.165) is 22.0 Å². The summed E-state index contributed by atoms with van der Waals surface area (Å²) < 4.78 is 7.41. The van der Waals surface area contributed by atoms with E-state index in [0.29, 0.717) is 22.0 Å². The summed E-state index contributed by atoms with van der Waals surface area (Å²) in [6.07, 6.45) is 1.51. The average Bonchev–Trinajstić information content (AvgIpc) is 3.09. The van der Waals surface area contributed by atoms with E-state index < -0.39 is 17.8 Å². The molecule has 35 heavy (non-hydrogen) atoms. The number of thiocarbonyl (C=S) groups is 1. The molecule has 2 N–H and O–H groups in total. The average molecular weight is 510 g/mol. The summed E-state index contributed by atoms with van der Waals surface area (Å²) in [6.45, 7) is 3.75. The number of carbonyl (C=O) groups excluding carboxylic acids is 2. The second kappa shape index (κ2) is 9.36. The van der Waals surface area contributed by atoms with E-state index >= 15 is 0 Å².